The SMILES string of the molecule is CSCc1ncc(C(C)C)cc1C(C)(C)C. The van der Waals surface area contributed by atoms with Crippen molar-refractivity contribution in [1.82, 2.24) is 4.98 Å². The molecule has 0 atom stereocenters. The Hall–Kier alpha value is -0.500. The molecular weight excluding hydrogens is 214 g/mol. The van der Waals surface area contributed by atoms with Crippen LogP contribution in [0.3, 0.4) is 0 Å². The summed E-state index contributed by atoms with van der Waals surface area (Å²) in [5.74, 6) is 1.56. The molecule has 2 heteroatoms. The van der Waals surface area contributed by atoms with Gasteiger partial charge in [0.25, 0.3) is 0 Å². The molecule has 0 spiro atoms. The van der Waals surface area contributed by atoms with Gasteiger partial charge in [0.1, 0.15) is 0 Å². The summed E-state index contributed by atoms with van der Waals surface area (Å²) < 4.78 is 0. The predicted molar refractivity (Wildman–Crippen MR) is 74.2 cm³/mol. The van der Waals surface area contributed by atoms with Crippen LogP contribution in [-0.2, 0) is 11.2 Å². The van der Waals surface area contributed by atoms with Gasteiger partial charge in [-0.25, -0.2) is 0 Å². The molecule has 0 aliphatic heterocycles. The fourth-order valence-electron chi connectivity index (χ4n) is 1.73. The first-order valence-electron chi connectivity index (χ1n) is 5.84. The molecule has 0 unspecified atom stereocenters. The predicted octanol–water partition coefficient (Wildman–Crippen LogP) is 4.37. The quantitative estimate of drug-likeness (QED) is 0.774. The Labute approximate surface area is 104 Å². The van der Waals surface area contributed by atoms with E-state index in [1.807, 2.05) is 18.0 Å². The van der Waals surface area contributed by atoms with Gasteiger partial charge in [0.05, 0.1) is 5.69 Å². The van der Waals surface area contributed by atoms with Crippen molar-refractivity contribution >= 4 is 11.8 Å². The highest BCUT2D eigenvalue weighted by Crippen LogP contribution is 2.29. The van der Waals surface area contributed by atoms with Crippen molar-refractivity contribution in [3.8, 4) is 0 Å². The minimum absolute atomic E-state index is 0.183. The first kappa shape index (κ1) is 13.6. The van der Waals surface area contributed by atoms with E-state index in [0.717, 1.165) is 5.75 Å². The molecule has 0 aromatic carbocycles. The lowest BCUT2D eigenvalue weighted by molar-refractivity contribution is 0.579. The first-order valence-corrected chi connectivity index (χ1v) is 7.24. The average Bonchev–Trinajstić information content (AvgIpc) is 2.16. The zero-order chi connectivity index (χ0) is 12.3. The molecule has 0 saturated carbocycles. The minimum atomic E-state index is 0.183. The number of hydrogen-bond donors (Lipinski definition) is 0. The minimum Gasteiger partial charge on any atom is -0.260 e. The van der Waals surface area contributed by atoms with Crippen molar-refractivity contribution in [2.24, 2.45) is 0 Å². The van der Waals surface area contributed by atoms with Crippen LogP contribution in [0.4, 0.5) is 0 Å². The van der Waals surface area contributed by atoms with E-state index in [2.05, 4.69) is 51.9 Å². The lowest BCUT2D eigenvalue weighted by Crippen LogP contribution is -2.16. The molecular formula is C14H23NS. The van der Waals surface area contributed by atoms with Gasteiger partial charge in [-0.15, -0.1) is 0 Å². The largest absolute Gasteiger partial charge is 0.260 e. The molecule has 0 aliphatic rings. The Morgan fingerprint density at radius 2 is 1.94 bits per heavy atom. The summed E-state index contributed by atoms with van der Waals surface area (Å²) in [6, 6.07) is 2.34. The fourth-order valence-corrected chi connectivity index (χ4v) is 2.23. The van der Waals surface area contributed by atoms with Crippen LogP contribution in [0.15, 0.2) is 12.3 Å². The fraction of sp³-hybridized carbons (Fsp3) is 0.643. The van der Waals surface area contributed by atoms with Crippen LogP contribution in [0.25, 0.3) is 0 Å². The van der Waals surface area contributed by atoms with Crippen molar-refractivity contribution in [2.45, 2.75) is 51.7 Å². The van der Waals surface area contributed by atoms with Crippen LogP contribution >= 0.6 is 11.8 Å². The maximum absolute atomic E-state index is 4.64. The van der Waals surface area contributed by atoms with Crippen LogP contribution in [0.1, 0.15) is 57.4 Å². The zero-order valence-electron chi connectivity index (χ0n) is 11.3. The summed E-state index contributed by atoms with van der Waals surface area (Å²) in [5, 5.41) is 0. The van der Waals surface area contributed by atoms with Crippen molar-refractivity contribution in [2.75, 3.05) is 6.26 Å². The second-order valence-electron chi connectivity index (χ2n) is 5.60. The smallest absolute Gasteiger partial charge is 0.0539 e. The molecule has 1 aromatic heterocycles. The molecule has 1 heterocycles. The number of pyridine rings is 1. The monoisotopic (exact) mass is 237 g/mol. The number of hydrogen-bond acceptors (Lipinski definition) is 2. The van der Waals surface area contributed by atoms with Crippen LogP contribution in [0.5, 0.6) is 0 Å². The summed E-state index contributed by atoms with van der Waals surface area (Å²) in [6.07, 6.45) is 4.16. The van der Waals surface area contributed by atoms with Gasteiger partial charge in [-0.05, 0) is 28.7 Å². The molecule has 0 radical (unpaired) electrons. The molecule has 0 N–H and O–H groups in total. The molecule has 0 aliphatic carbocycles. The number of rotatable bonds is 3. The van der Waals surface area contributed by atoms with E-state index < -0.39 is 0 Å². The van der Waals surface area contributed by atoms with Crippen molar-refractivity contribution in [3.63, 3.8) is 0 Å². The highest BCUT2D eigenvalue weighted by molar-refractivity contribution is 7.97. The van der Waals surface area contributed by atoms with Crippen molar-refractivity contribution in [1.29, 1.82) is 0 Å². The standard InChI is InChI=1S/C14H23NS/c1-10(2)11-7-12(14(3,4)5)13(9-16-6)15-8-11/h7-8,10H,9H2,1-6H3. The Balaban J connectivity index is 3.21. The van der Waals surface area contributed by atoms with Crippen LogP contribution in [-0.4, -0.2) is 11.2 Å². The van der Waals surface area contributed by atoms with Crippen molar-refractivity contribution < 1.29 is 0 Å². The third-order valence-electron chi connectivity index (χ3n) is 2.75. The molecule has 0 amide bonds. The highest BCUT2D eigenvalue weighted by Gasteiger charge is 2.19. The average molecular weight is 237 g/mol. The summed E-state index contributed by atoms with van der Waals surface area (Å²) in [7, 11) is 0. The van der Waals surface area contributed by atoms with Gasteiger partial charge in [0.15, 0.2) is 0 Å². The number of aromatic nitrogens is 1. The second kappa shape index (κ2) is 5.22. The Morgan fingerprint density at radius 3 is 2.38 bits per heavy atom. The number of nitrogens with zero attached hydrogens (tertiary/aromatic N) is 1. The maximum Gasteiger partial charge on any atom is 0.0539 e. The summed E-state index contributed by atoms with van der Waals surface area (Å²) in [4.78, 5) is 4.64. The Kier molecular flexibility index (Phi) is 4.43. The lowest BCUT2D eigenvalue weighted by Gasteiger charge is -2.23. The summed E-state index contributed by atoms with van der Waals surface area (Å²) >= 11 is 1.84. The summed E-state index contributed by atoms with van der Waals surface area (Å²) in [6.45, 7) is 11.2. The van der Waals surface area contributed by atoms with Gasteiger partial charge >= 0.3 is 0 Å². The molecule has 0 saturated heterocycles. The van der Waals surface area contributed by atoms with Gasteiger partial charge < -0.3 is 0 Å². The van der Waals surface area contributed by atoms with Crippen molar-refractivity contribution in [3.05, 3.63) is 29.1 Å². The first-order chi connectivity index (χ1) is 7.36. The van der Waals surface area contributed by atoms with E-state index in [1.54, 1.807) is 0 Å². The maximum atomic E-state index is 4.64. The van der Waals surface area contributed by atoms with Gasteiger partial charge in [0, 0.05) is 11.9 Å². The zero-order valence-corrected chi connectivity index (χ0v) is 12.1. The normalized spacial score (nSPS) is 12.2. The van der Waals surface area contributed by atoms with E-state index in [9.17, 15) is 0 Å². The molecule has 1 aromatic rings. The highest BCUT2D eigenvalue weighted by atomic mass is 32.2. The Bertz CT molecular complexity index is 350. The van der Waals surface area contributed by atoms with E-state index >= 15 is 0 Å². The van der Waals surface area contributed by atoms with Crippen LogP contribution < -0.4 is 0 Å². The molecule has 0 fully saturated rings. The van der Waals surface area contributed by atoms with E-state index in [1.165, 1.54) is 16.8 Å². The lowest BCUT2D eigenvalue weighted by atomic mass is 9.84. The second-order valence-corrected chi connectivity index (χ2v) is 6.47. The van der Waals surface area contributed by atoms with Gasteiger partial charge in [-0.1, -0.05) is 40.7 Å². The Morgan fingerprint density at radius 1 is 1.31 bits per heavy atom. The third kappa shape index (κ3) is 3.24. The summed E-state index contributed by atoms with van der Waals surface area (Å²) in [5.41, 5.74) is 4.16. The third-order valence-corrected chi connectivity index (χ3v) is 3.31. The van der Waals surface area contributed by atoms with Crippen LogP contribution in [0.2, 0.25) is 0 Å². The topological polar surface area (TPSA) is 12.9 Å². The van der Waals surface area contributed by atoms with E-state index in [-0.39, 0.29) is 5.41 Å². The van der Waals surface area contributed by atoms with E-state index in [4.69, 9.17) is 0 Å². The van der Waals surface area contributed by atoms with Gasteiger partial charge in [-0.3, -0.25) is 4.98 Å². The molecule has 90 valence electrons. The molecule has 1 rings (SSSR count). The van der Waals surface area contributed by atoms with Crippen LogP contribution in [0, 0.1) is 0 Å². The van der Waals surface area contributed by atoms with E-state index in [0.29, 0.717) is 5.92 Å². The number of thioether (sulfide) groups is 1. The molecule has 0 bridgehead atoms. The molecule has 16 heavy (non-hydrogen) atoms. The van der Waals surface area contributed by atoms with Gasteiger partial charge in [-0.2, -0.15) is 11.8 Å². The molecule has 1 nitrogen and oxygen atoms in total. The van der Waals surface area contributed by atoms with Gasteiger partial charge in [0.2, 0.25) is 0 Å².